The molecule has 0 bridgehead atoms. The molecule has 5 heterocycles. The van der Waals surface area contributed by atoms with Gasteiger partial charge < -0.3 is 24.6 Å². The van der Waals surface area contributed by atoms with Crippen molar-refractivity contribution in [3.05, 3.63) is 59.3 Å². The second-order valence-corrected chi connectivity index (χ2v) is 8.02. The zero-order valence-corrected chi connectivity index (χ0v) is 19.0. The molecule has 2 aliphatic rings. The highest BCUT2D eigenvalue weighted by Crippen LogP contribution is 2.42. The Bertz CT molecular complexity index is 1420. The first kappa shape index (κ1) is 22.4. The number of methoxy groups -OCH3 is 1. The van der Waals surface area contributed by atoms with Crippen LogP contribution in [0.1, 0.15) is 22.7 Å². The van der Waals surface area contributed by atoms with Gasteiger partial charge in [-0.3, -0.25) is 9.20 Å². The van der Waals surface area contributed by atoms with Gasteiger partial charge in [-0.25, -0.2) is 9.37 Å². The van der Waals surface area contributed by atoms with E-state index in [2.05, 4.69) is 20.5 Å². The molecule has 0 unspecified atom stereocenters. The topological polar surface area (TPSA) is 120 Å². The van der Waals surface area contributed by atoms with E-state index in [0.717, 1.165) is 22.4 Å². The molecular weight excluding hydrogens is 457 g/mol. The van der Waals surface area contributed by atoms with E-state index in [1.54, 1.807) is 19.5 Å². The van der Waals surface area contributed by atoms with Crippen LogP contribution in [0.15, 0.2) is 36.7 Å². The number of aryl methyl sites for hydroxylation is 1. The van der Waals surface area contributed by atoms with Crippen molar-refractivity contribution in [1.29, 1.82) is 0 Å². The summed E-state index contributed by atoms with van der Waals surface area (Å²) in [5.74, 6) is 2.16. The van der Waals surface area contributed by atoms with Gasteiger partial charge >= 0.3 is 0 Å². The maximum absolute atomic E-state index is 14.7. The van der Waals surface area contributed by atoms with Gasteiger partial charge in [-0.1, -0.05) is 0 Å². The summed E-state index contributed by atoms with van der Waals surface area (Å²) in [6, 6.07) is 8.91. The minimum Gasteiger partial charge on any atom is -0.493 e. The van der Waals surface area contributed by atoms with Crippen LogP contribution in [-0.2, 0) is 11.3 Å². The molecule has 11 heteroatoms. The van der Waals surface area contributed by atoms with E-state index in [1.165, 1.54) is 6.07 Å². The van der Waals surface area contributed by atoms with Gasteiger partial charge in [0.2, 0.25) is 5.88 Å². The number of carbonyl (C=O) groups is 1. The molecule has 0 radical (unpaired) electrons. The van der Waals surface area contributed by atoms with E-state index >= 15 is 0 Å². The van der Waals surface area contributed by atoms with Crippen molar-refractivity contribution in [3.8, 4) is 28.5 Å². The third-order valence-electron chi connectivity index (χ3n) is 6.00. The maximum atomic E-state index is 14.7. The van der Waals surface area contributed by atoms with Gasteiger partial charge in [0.1, 0.15) is 17.9 Å². The molecule has 2 N–H and O–H groups in total. The van der Waals surface area contributed by atoms with Gasteiger partial charge in [-0.05, 0) is 37.3 Å². The molecular formula is C24H22FN5O5. The van der Waals surface area contributed by atoms with Gasteiger partial charge in [0.25, 0.3) is 6.47 Å². The number of carboxylic acid groups (broad SMARTS) is 1. The normalized spacial score (nSPS) is 15.6. The van der Waals surface area contributed by atoms with E-state index in [1.807, 2.05) is 29.5 Å². The van der Waals surface area contributed by atoms with Crippen molar-refractivity contribution in [2.45, 2.75) is 19.4 Å². The quantitative estimate of drug-likeness (QED) is 0.417. The van der Waals surface area contributed by atoms with Crippen LogP contribution >= 0.6 is 0 Å². The molecule has 35 heavy (non-hydrogen) atoms. The molecule has 6 rings (SSSR count). The molecule has 3 aromatic heterocycles. The van der Waals surface area contributed by atoms with Crippen molar-refractivity contribution < 1.29 is 28.5 Å². The molecule has 1 aromatic carbocycles. The van der Waals surface area contributed by atoms with Gasteiger partial charge in [0.15, 0.2) is 17.2 Å². The lowest BCUT2D eigenvalue weighted by Crippen LogP contribution is -2.13. The highest BCUT2D eigenvalue weighted by Gasteiger charge is 2.31. The largest absolute Gasteiger partial charge is 0.493 e. The SMILES string of the molecule is COc1nc(C)ccc1-c1cc2c(n3cnnc13)NCc1c(F)ccc3c1[C@H](CO3)CO2.O=CO. The highest BCUT2D eigenvalue weighted by atomic mass is 19.1. The molecule has 0 saturated carbocycles. The summed E-state index contributed by atoms with van der Waals surface area (Å²) in [6.07, 6.45) is 1.61. The van der Waals surface area contributed by atoms with Crippen LogP contribution in [0, 0.1) is 12.7 Å². The second kappa shape index (κ2) is 9.09. The lowest BCUT2D eigenvalue weighted by atomic mass is 9.96. The fraction of sp³-hybridized carbons (Fsp3) is 0.250. The number of nitrogens with one attached hydrogen (secondary N) is 1. The monoisotopic (exact) mass is 479 g/mol. The van der Waals surface area contributed by atoms with Crippen LogP contribution in [0.3, 0.4) is 0 Å². The van der Waals surface area contributed by atoms with Crippen molar-refractivity contribution >= 4 is 17.9 Å². The number of aromatic nitrogens is 4. The van der Waals surface area contributed by atoms with E-state index in [4.69, 9.17) is 24.1 Å². The number of anilines is 1. The number of halogens is 1. The summed E-state index contributed by atoms with van der Waals surface area (Å²) in [5, 5.41) is 18.7. The molecule has 2 aliphatic heterocycles. The number of hydrogen-bond acceptors (Lipinski definition) is 8. The molecule has 10 nitrogen and oxygen atoms in total. The zero-order valence-electron chi connectivity index (χ0n) is 19.0. The van der Waals surface area contributed by atoms with Crippen molar-refractivity contribution in [2.75, 3.05) is 25.6 Å². The van der Waals surface area contributed by atoms with Crippen LogP contribution in [0.25, 0.3) is 16.8 Å². The second-order valence-electron chi connectivity index (χ2n) is 8.02. The Morgan fingerprint density at radius 1 is 1.20 bits per heavy atom. The molecule has 0 amide bonds. The van der Waals surface area contributed by atoms with Crippen LogP contribution in [0.5, 0.6) is 17.4 Å². The average Bonchev–Trinajstić information content (AvgIpc) is 3.51. The number of ether oxygens (including phenoxy) is 3. The first-order valence-electron chi connectivity index (χ1n) is 10.8. The Kier molecular flexibility index (Phi) is 5.81. The summed E-state index contributed by atoms with van der Waals surface area (Å²) in [5.41, 5.74) is 4.48. The number of fused-ring (bicyclic) bond motifs is 3. The number of rotatable bonds is 2. The summed E-state index contributed by atoms with van der Waals surface area (Å²) >= 11 is 0. The highest BCUT2D eigenvalue weighted by molar-refractivity contribution is 5.84. The number of nitrogens with zero attached hydrogens (tertiary/aromatic N) is 4. The van der Waals surface area contributed by atoms with Crippen LogP contribution in [0.2, 0.25) is 0 Å². The smallest absolute Gasteiger partial charge is 0.290 e. The molecule has 4 aromatic rings. The zero-order chi connectivity index (χ0) is 24.5. The fourth-order valence-electron chi connectivity index (χ4n) is 4.48. The molecule has 0 aliphatic carbocycles. The van der Waals surface area contributed by atoms with Crippen LogP contribution in [0.4, 0.5) is 10.2 Å². The van der Waals surface area contributed by atoms with Crippen molar-refractivity contribution in [2.24, 2.45) is 0 Å². The minimum absolute atomic E-state index is 0.0564. The standard InChI is InChI=1S/C23H20FN5O3.CH2O2/c1-12-3-4-14(23(27-12)30-2)15-7-19-22(29-11-26-28-21(15)29)25-8-16-17(24)5-6-18-20(16)13(9-31-18)10-32-19;2-1-3/h3-7,11,13,25H,8-10H2,1-2H3;1H,(H,2,3)/t13-;/m1./s1. The predicted molar refractivity (Wildman–Crippen MR) is 124 cm³/mol. The molecule has 180 valence electrons. The number of pyridine rings is 2. The average molecular weight is 479 g/mol. The van der Waals surface area contributed by atoms with E-state index in [0.29, 0.717) is 47.6 Å². The van der Waals surface area contributed by atoms with Gasteiger partial charge in [-0.15, -0.1) is 10.2 Å². The Hall–Kier alpha value is -4.41. The Labute approximate surface area is 199 Å². The first-order valence-corrected chi connectivity index (χ1v) is 10.8. The van der Waals surface area contributed by atoms with Crippen molar-refractivity contribution in [3.63, 3.8) is 0 Å². The van der Waals surface area contributed by atoms with Gasteiger partial charge in [0, 0.05) is 34.5 Å². The van der Waals surface area contributed by atoms with E-state index < -0.39 is 0 Å². The molecule has 0 saturated heterocycles. The predicted octanol–water partition coefficient (Wildman–Crippen LogP) is 3.43. The fourth-order valence-corrected chi connectivity index (χ4v) is 4.48. The van der Waals surface area contributed by atoms with Gasteiger partial charge in [-0.2, -0.15) is 0 Å². The van der Waals surface area contributed by atoms with Crippen LogP contribution < -0.4 is 19.5 Å². The third-order valence-corrected chi connectivity index (χ3v) is 6.00. The van der Waals surface area contributed by atoms with E-state index in [9.17, 15) is 4.39 Å². The first-order chi connectivity index (χ1) is 17.0. The maximum Gasteiger partial charge on any atom is 0.290 e. The summed E-state index contributed by atoms with van der Waals surface area (Å²) in [4.78, 5) is 12.9. The molecule has 0 fully saturated rings. The summed E-state index contributed by atoms with van der Waals surface area (Å²) in [7, 11) is 1.59. The van der Waals surface area contributed by atoms with Crippen molar-refractivity contribution in [1.82, 2.24) is 19.6 Å². The number of hydrogen-bond donors (Lipinski definition) is 2. The number of benzene rings is 1. The summed E-state index contributed by atoms with van der Waals surface area (Å²) in [6.45, 7) is 2.76. The Balaban J connectivity index is 0.000000806. The Morgan fingerprint density at radius 2 is 1.97 bits per heavy atom. The third kappa shape index (κ3) is 3.84. The Morgan fingerprint density at radius 3 is 2.74 bits per heavy atom. The lowest BCUT2D eigenvalue weighted by molar-refractivity contribution is -0.122. The molecule has 1 atom stereocenters. The van der Waals surface area contributed by atoms with E-state index in [-0.39, 0.29) is 24.8 Å². The lowest BCUT2D eigenvalue weighted by Gasteiger charge is -2.17. The summed E-state index contributed by atoms with van der Waals surface area (Å²) < 4.78 is 34.1. The molecule has 0 spiro atoms. The van der Waals surface area contributed by atoms with Crippen LogP contribution in [-0.4, -0.2) is 51.5 Å². The van der Waals surface area contributed by atoms with Gasteiger partial charge in [0.05, 0.1) is 26.2 Å². The minimum atomic E-state index is -0.262.